The molecule has 0 spiro atoms. The van der Waals surface area contributed by atoms with Crippen LogP contribution in [0.2, 0.25) is 5.02 Å². The number of aromatic nitrogens is 2. The van der Waals surface area contributed by atoms with Crippen LogP contribution in [0.5, 0.6) is 0 Å². The SMILES string of the molecule is Cc1ccc(-c2nc3cc(C)c(Cl)cc3nc2-c2ccc(C)cc2)cc1. The number of hydrogen-bond acceptors (Lipinski definition) is 2. The van der Waals surface area contributed by atoms with Crippen LogP contribution in [-0.2, 0) is 0 Å². The molecule has 0 atom stereocenters. The number of nitrogens with zero attached hydrogens (tertiary/aromatic N) is 2. The highest BCUT2D eigenvalue weighted by molar-refractivity contribution is 6.32. The molecule has 1 heterocycles. The molecule has 0 unspecified atom stereocenters. The molecule has 0 fully saturated rings. The van der Waals surface area contributed by atoms with E-state index in [1.807, 2.05) is 19.1 Å². The van der Waals surface area contributed by atoms with Gasteiger partial charge in [-0.2, -0.15) is 0 Å². The Morgan fingerprint density at radius 2 is 1.04 bits per heavy atom. The summed E-state index contributed by atoms with van der Waals surface area (Å²) in [5.41, 5.74) is 9.01. The van der Waals surface area contributed by atoms with E-state index >= 15 is 0 Å². The third-order valence-electron chi connectivity index (χ3n) is 4.59. The molecule has 0 N–H and O–H groups in total. The first-order valence-electron chi connectivity index (χ1n) is 8.63. The molecule has 0 saturated heterocycles. The van der Waals surface area contributed by atoms with Crippen molar-refractivity contribution in [2.45, 2.75) is 20.8 Å². The maximum Gasteiger partial charge on any atom is 0.0973 e. The Kier molecular flexibility index (Phi) is 4.21. The van der Waals surface area contributed by atoms with Crippen molar-refractivity contribution in [2.24, 2.45) is 0 Å². The summed E-state index contributed by atoms with van der Waals surface area (Å²) >= 11 is 6.31. The fourth-order valence-electron chi connectivity index (χ4n) is 3.01. The zero-order valence-corrected chi connectivity index (χ0v) is 15.8. The summed E-state index contributed by atoms with van der Waals surface area (Å²) in [6.45, 7) is 6.16. The van der Waals surface area contributed by atoms with E-state index in [-0.39, 0.29) is 0 Å². The van der Waals surface area contributed by atoms with Crippen LogP contribution in [0.4, 0.5) is 0 Å². The maximum absolute atomic E-state index is 6.31. The summed E-state index contributed by atoms with van der Waals surface area (Å²) in [6, 6.07) is 20.7. The van der Waals surface area contributed by atoms with Crippen LogP contribution in [0, 0.1) is 20.8 Å². The van der Waals surface area contributed by atoms with Crippen molar-refractivity contribution in [3.63, 3.8) is 0 Å². The fourth-order valence-corrected chi connectivity index (χ4v) is 3.16. The van der Waals surface area contributed by atoms with Gasteiger partial charge in [0.15, 0.2) is 0 Å². The van der Waals surface area contributed by atoms with Crippen LogP contribution in [0.1, 0.15) is 16.7 Å². The van der Waals surface area contributed by atoms with E-state index in [9.17, 15) is 0 Å². The molecule has 0 aliphatic heterocycles. The van der Waals surface area contributed by atoms with Gasteiger partial charge >= 0.3 is 0 Å². The van der Waals surface area contributed by atoms with Gasteiger partial charge in [0.25, 0.3) is 0 Å². The van der Waals surface area contributed by atoms with Crippen LogP contribution in [0.3, 0.4) is 0 Å². The lowest BCUT2D eigenvalue weighted by molar-refractivity contribution is 1.28. The molecule has 0 aliphatic carbocycles. The van der Waals surface area contributed by atoms with Crippen LogP contribution in [0.15, 0.2) is 60.7 Å². The van der Waals surface area contributed by atoms with Crippen molar-refractivity contribution >= 4 is 22.6 Å². The van der Waals surface area contributed by atoms with Gasteiger partial charge in [0.1, 0.15) is 0 Å². The van der Waals surface area contributed by atoms with Crippen molar-refractivity contribution in [2.75, 3.05) is 0 Å². The molecule has 0 radical (unpaired) electrons. The molecule has 4 aromatic rings. The number of aryl methyl sites for hydroxylation is 3. The molecular weight excluding hydrogens is 340 g/mol. The summed E-state index contributed by atoms with van der Waals surface area (Å²) in [4.78, 5) is 9.88. The van der Waals surface area contributed by atoms with E-state index in [0.29, 0.717) is 5.02 Å². The molecule has 3 heteroatoms. The Bertz CT molecular complexity index is 1010. The zero-order chi connectivity index (χ0) is 18.3. The highest BCUT2D eigenvalue weighted by atomic mass is 35.5. The van der Waals surface area contributed by atoms with Gasteiger partial charge in [-0.05, 0) is 38.5 Å². The second-order valence-corrected chi connectivity index (χ2v) is 7.15. The van der Waals surface area contributed by atoms with Crippen molar-refractivity contribution < 1.29 is 0 Å². The van der Waals surface area contributed by atoms with Gasteiger partial charge in [0.05, 0.1) is 22.4 Å². The van der Waals surface area contributed by atoms with Crippen molar-refractivity contribution in [1.82, 2.24) is 9.97 Å². The molecular formula is C23H19ClN2. The highest BCUT2D eigenvalue weighted by Gasteiger charge is 2.14. The molecule has 2 nitrogen and oxygen atoms in total. The summed E-state index contributed by atoms with van der Waals surface area (Å²) in [5, 5.41) is 0.713. The minimum atomic E-state index is 0.713. The summed E-state index contributed by atoms with van der Waals surface area (Å²) in [7, 11) is 0. The lowest BCUT2D eigenvalue weighted by Crippen LogP contribution is -1.96. The average Bonchev–Trinajstić information content (AvgIpc) is 2.63. The van der Waals surface area contributed by atoms with Gasteiger partial charge in [-0.3, -0.25) is 0 Å². The minimum absolute atomic E-state index is 0.713. The lowest BCUT2D eigenvalue weighted by Gasteiger charge is -2.12. The quantitative estimate of drug-likeness (QED) is 0.406. The maximum atomic E-state index is 6.31. The first-order valence-corrected chi connectivity index (χ1v) is 9.01. The largest absolute Gasteiger partial charge is 0.244 e. The molecule has 4 rings (SSSR count). The number of benzene rings is 3. The third kappa shape index (κ3) is 3.09. The summed E-state index contributed by atoms with van der Waals surface area (Å²) < 4.78 is 0. The Morgan fingerprint density at radius 3 is 1.50 bits per heavy atom. The fraction of sp³-hybridized carbons (Fsp3) is 0.130. The van der Waals surface area contributed by atoms with Crippen molar-refractivity contribution in [1.29, 1.82) is 0 Å². The summed E-state index contributed by atoms with van der Waals surface area (Å²) in [5.74, 6) is 0. The monoisotopic (exact) mass is 358 g/mol. The normalized spacial score (nSPS) is 11.1. The molecule has 26 heavy (non-hydrogen) atoms. The molecule has 0 saturated carbocycles. The summed E-state index contributed by atoms with van der Waals surface area (Å²) in [6.07, 6.45) is 0. The van der Waals surface area contributed by atoms with E-state index in [4.69, 9.17) is 21.6 Å². The highest BCUT2D eigenvalue weighted by Crippen LogP contribution is 2.32. The van der Waals surface area contributed by atoms with E-state index in [0.717, 1.165) is 39.1 Å². The molecule has 128 valence electrons. The number of hydrogen-bond donors (Lipinski definition) is 0. The van der Waals surface area contributed by atoms with E-state index < -0.39 is 0 Å². The first-order chi connectivity index (χ1) is 12.5. The van der Waals surface area contributed by atoms with Gasteiger partial charge < -0.3 is 0 Å². The van der Waals surface area contributed by atoms with Gasteiger partial charge in [-0.1, -0.05) is 71.3 Å². The molecule has 0 aliphatic rings. The van der Waals surface area contributed by atoms with Crippen molar-refractivity contribution in [3.8, 4) is 22.5 Å². The first kappa shape index (κ1) is 16.7. The van der Waals surface area contributed by atoms with Gasteiger partial charge in [0.2, 0.25) is 0 Å². The van der Waals surface area contributed by atoms with Gasteiger partial charge in [-0.25, -0.2) is 9.97 Å². The predicted molar refractivity (Wildman–Crippen MR) is 110 cm³/mol. The lowest BCUT2D eigenvalue weighted by atomic mass is 10.0. The number of fused-ring (bicyclic) bond motifs is 1. The predicted octanol–water partition coefficient (Wildman–Crippen LogP) is 6.54. The topological polar surface area (TPSA) is 25.8 Å². The Hall–Kier alpha value is -2.71. The second kappa shape index (κ2) is 6.54. The van der Waals surface area contributed by atoms with Crippen LogP contribution in [-0.4, -0.2) is 9.97 Å². The Morgan fingerprint density at radius 1 is 0.615 bits per heavy atom. The van der Waals surface area contributed by atoms with Crippen LogP contribution in [0.25, 0.3) is 33.5 Å². The molecule has 0 amide bonds. The smallest absolute Gasteiger partial charge is 0.0973 e. The van der Waals surface area contributed by atoms with Crippen LogP contribution < -0.4 is 0 Å². The van der Waals surface area contributed by atoms with Crippen LogP contribution >= 0.6 is 11.6 Å². The Labute approximate surface area is 158 Å². The zero-order valence-electron chi connectivity index (χ0n) is 15.0. The standard InChI is InChI=1S/C23H19ClN2/c1-14-4-8-17(9-5-14)22-23(18-10-6-15(2)7-11-18)26-21-13-19(24)16(3)12-20(21)25-22/h4-13H,1-3H3. The molecule has 1 aromatic heterocycles. The van der Waals surface area contributed by atoms with E-state index in [2.05, 4.69) is 62.4 Å². The van der Waals surface area contributed by atoms with E-state index in [1.54, 1.807) is 0 Å². The molecule has 3 aromatic carbocycles. The average molecular weight is 359 g/mol. The number of rotatable bonds is 2. The third-order valence-corrected chi connectivity index (χ3v) is 5.00. The second-order valence-electron chi connectivity index (χ2n) is 6.74. The Balaban J connectivity index is 2.02. The van der Waals surface area contributed by atoms with Crippen molar-refractivity contribution in [3.05, 3.63) is 82.4 Å². The van der Waals surface area contributed by atoms with Gasteiger partial charge in [-0.15, -0.1) is 0 Å². The minimum Gasteiger partial charge on any atom is -0.244 e. The van der Waals surface area contributed by atoms with Gasteiger partial charge in [0, 0.05) is 16.1 Å². The number of halogens is 1. The van der Waals surface area contributed by atoms with E-state index in [1.165, 1.54) is 11.1 Å². The molecule has 0 bridgehead atoms.